The second-order valence-electron chi connectivity index (χ2n) is 12.7. The van der Waals surface area contributed by atoms with E-state index in [1.165, 1.54) is 103 Å². The van der Waals surface area contributed by atoms with Crippen LogP contribution in [0, 0.1) is 0 Å². The molecule has 10 nitrogen and oxygen atoms in total. The quantitative estimate of drug-likeness (QED) is 0.0250. The lowest BCUT2D eigenvalue weighted by Crippen LogP contribution is -2.34. The van der Waals surface area contributed by atoms with E-state index in [4.69, 9.17) is 24.8 Å². The van der Waals surface area contributed by atoms with Gasteiger partial charge in [0.05, 0.1) is 19.8 Å². The van der Waals surface area contributed by atoms with Crippen LogP contribution in [0.25, 0.3) is 0 Å². The van der Waals surface area contributed by atoms with Gasteiger partial charge in [0.15, 0.2) is 0 Å². The Morgan fingerprint density at radius 1 is 0.660 bits per heavy atom. The van der Waals surface area contributed by atoms with Gasteiger partial charge in [0, 0.05) is 13.0 Å². The van der Waals surface area contributed by atoms with Gasteiger partial charge in [-0.3, -0.25) is 18.6 Å². The van der Waals surface area contributed by atoms with Gasteiger partial charge < -0.3 is 25.2 Å². The van der Waals surface area contributed by atoms with E-state index in [0.29, 0.717) is 13.0 Å². The Bertz CT molecular complexity index is 811. The lowest BCUT2D eigenvalue weighted by Gasteiger charge is -2.20. The maximum atomic E-state index is 12.5. The van der Waals surface area contributed by atoms with Crippen molar-refractivity contribution in [3.8, 4) is 0 Å². The second-order valence-corrected chi connectivity index (χ2v) is 14.2. The number of ether oxygens (including phenoxy) is 2. The van der Waals surface area contributed by atoms with Crippen molar-refractivity contribution in [3.63, 3.8) is 0 Å². The zero-order chi connectivity index (χ0) is 34.9. The summed E-state index contributed by atoms with van der Waals surface area (Å²) in [5, 5.41) is 8.85. The summed E-state index contributed by atoms with van der Waals surface area (Å²) in [5.41, 5.74) is 5.33. The van der Waals surface area contributed by atoms with Gasteiger partial charge in [-0.1, -0.05) is 135 Å². The van der Waals surface area contributed by atoms with Crippen molar-refractivity contribution in [2.24, 2.45) is 5.73 Å². The minimum Gasteiger partial charge on any atom is -0.480 e. The van der Waals surface area contributed by atoms with Crippen LogP contribution in [0.3, 0.4) is 0 Å². The van der Waals surface area contributed by atoms with Crippen molar-refractivity contribution < 1.29 is 42.7 Å². The number of phosphoric ester groups is 1. The fourth-order valence-electron chi connectivity index (χ4n) is 5.07. The van der Waals surface area contributed by atoms with Crippen LogP contribution in [0.5, 0.6) is 0 Å². The molecule has 0 spiro atoms. The molecule has 3 unspecified atom stereocenters. The molecule has 0 aromatic heterocycles. The molecule has 47 heavy (non-hydrogen) atoms. The lowest BCUT2D eigenvalue weighted by molar-refractivity contribution is -0.154. The number of hydrogen-bond acceptors (Lipinski definition) is 8. The summed E-state index contributed by atoms with van der Waals surface area (Å²) in [6, 6.07) is -1.47. The summed E-state index contributed by atoms with van der Waals surface area (Å²) in [5.74, 6) is -1.78. The van der Waals surface area contributed by atoms with Gasteiger partial charge in [-0.15, -0.1) is 0 Å². The van der Waals surface area contributed by atoms with Gasteiger partial charge in [0.1, 0.15) is 12.1 Å². The number of aliphatic carboxylic acids is 1. The standard InChI is InChI=1S/C36H70NO9P/c1-3-5-7-9-11-13-15-17-19-21-23-25-27-29-43-30-33(31-44-47(41,42)45-32-34(37)36(39)40)46-35(38)28-26-24-22-20-18-16-14-12-10-8-6-4-2/h11,13,33-34H,3-10,12,14-32,37H2,1-2H3,(H,39,40)(H,41,42)/b13-11-. The molecule has 0 rings (SSSR count). The number of nitrogens with two attached hydrogens (primary N) is 1. The van der Waals surface area contributed by atoms with Gasteiger partial charge in [-0.25, -0.2) is 4.57 Å². The van der Waals surface area contributed by atoms with Crippen molar-refractivity contribution >= 4 is 19.8 Å². The topological polar surface area (TPSA) is 155 Å². The zero-order valence-electron chi connectivity index (χ0n) is 29.9. The largest absolute Gasteiger partial charge is 0.480 e. The molecule has 11 heteroatoms. The first kappa shape index (κ1) is 45.7. The van der Waals surface area contributed by atoms with Crippen LogP contribution in [-0.2, 0) is 32.7 Å². The second kappa shape index (κ2) is 33.2. The highest BCUT2D eigenvalue weighted by molar-refractivity contribution is 7.47. The Morgan fingerprint density at radius 3 is 1.66 bits per heavy atom. The smallest absolute Gasteiger partial charge is 0.472 e. The molecule has 0 bridgehead atoms. The van der Waals surface area contributed by atoms with Crippen molar-refractivity contribution in [3.05, 3.63) is 12.2 Å². The number of hydrogen-bond donors (Lipinski definition) is 3. The SMILES string of the molecule is CCCCC/C=C\CCCCCCCCOCC(COP(=O)(O)OCC(N)C(=O)O)OC(=O)CCCCCCCCCCCCCC. The first-order valence-corrected chi connectivity index (χ1v) is 20.2. The van der Waals surface area contributed by atoms with Gasteiger partial charge in [0.25, 0.3) is 0 Å². The van der Waals surface area contributed by atoms with Crippen LogP contribution in [0.15, 0.2) is 12.2 Å². The maximum absolute atomic E-state index is 12.5. The first-order valence-electron chi connectivity index (χ1n) is 18.7. The molecule has 0 aliphatic heterocycles. The summed E-state index contributed by atoms with van der Waals surface area (Å²) in [4.78, 5) is 33.3. The number of unbranched alkanes of at least 4 members (excludes halogenated alkanes) is 20. The monoisotopic (exact) mass is 691 g/mol. The lowest BCUT2D eigenvalue weighted by atomic mass is 10.0. The molecule has 0 amide bonds. The van der Waals surface area contributed by atoms with Crippen LogP contribution in [0.1, 0.15) is 168 Å². The summed E-state index contributed by atoms with van der Waals surface area (Å²) < 4.78 is 33.2. The Kier molecular flexibility index (Phi) is 32.3. The Hall–Kier alpha value is -1.29. The predicted octanol–water partition coefficient (Wildman–Crippen LogP) is 9.42. The van der Waals surface area contributed by atoms with Gasteiger partial charge in [-0.2, -0.15) is 0 Å². The van der Waals surface area contributed by atoms with E-state index in [1.807, 2.05) is 0 Å². The van der Waals surface area contributed by atoms with Crippen molar-refractivity contribution in [2.75, 3.05) is 26.4 Å². The number of allylic oxidation sites excluding steroid dienone is 2. The number of carbonyl (C=O) groups excluding carboxylic acids is 1. The van der Waals surface area contributed by atoms with Crippen molar-refractivity contribution in [2.45, 2.75) is 180 Å². The Labute approximate surface area is 286 Å². The summed E-state index contributed by atoms with van der Waals surface area (Å²) in [7, 11) is -4.60. The molecule has 0 aromatic carbocycles. The summed E-state index contributed by atoms with van der Waals surface area (Å²) in [6.07, 6.45) is 31.2. The van der Waals surface area contributed by atoms with Crippen LogP contribution in [-0.4, -0.2) is 60.5 Å². The molecule has 0 aromatic rings. The predicted molar refractivity (Wildman–Crippen MR) is 189 cm³/mol. The van der Waals surface area contributed by atoms with E-state index in [9.17, 15) is 19.0 Å². The van der Waals surface area contributed by atoms with Gasteiger partial charge >= 0.3 is 19.8 Å². The molecule has 0 fully saturated rings. The third-order valence-corrected chi connectivity index (χ3v) is 9.00. The highest BCUT2D eigenvalue weighted by Gasteiger charge is 2.27. The average molecular weight is 692 g/mol. The molecule has 278 valence electrons. The minimum atomic E-state index is -4.60. The highest BCUT2D eigenvalue weighted by atomic mass is 31.2. The number of carboxylic acid groups (broad SMARTS) is 1. The summed E-state index contributed by atoms with van der Waals surface area (Å²) >= 11 is 0. The number of carbonyl (C=O) groups is 2. The maximum Gasteiger partial charge on any atom is 0.472 e. The molecule has 0 heterocycles. The number of rotatable bonds is 36. The number of phosphoric acid groups is 1. The van der Waals surface area contributed by atoms with Crippen molar-refractivity contribution in [1.29, 1.82) is 0 Å². The molecule has 0 saturated heterocycles. The fraction of sp³-hybridized carbons (Fsp3) is 0.889. The minimum absolute atomic E-state index is 0.0173. The van der Waals surface area contributed by atoms with Crippen LogP contribution >= 0.6 is 7.82 Å². The van der Waals surface area contributed by atoms with Crippen molar-refractivity contribution in [1.82, 2.24) is 0 Å². The molecular formula is C36H70NO9P. The van der Waals surface area contributed by atoms with Crippen LogP contribution in [0.2, 0.25) is 0 Å². The van der Waals surface area contributed by atoms with Crippen LogP contribution in [0.4, 0.5) is 0 Å². The van der Waals surface area contributed by atoms with E-state index in [-0.39, 0.29) is 13.0 Å². The van der Waals surface area contributed by atoms with Crippen LogP contribution < -0.4 is 5.73 Å². The van der Waals surface area contributed by atoms with Gasteiger partial charge in [0.2, 0.25) is 0 Å². The highest BCUT2D eigenvalue weighted by Crippen LogP contribution is 2.43. The third kappa shape index (κ3) is 33.0. The normalized spacial score (nSPS) is 14.3. The van der Waals surface area contributed by atoms with E-state index in [2.05, 4.69) is 30.5 Å². The average Bonchev–Trinajstić information content (AvgIpc) is 3.04. The zero-order valence-corrected chi connectivity index (χ0v) is 30.8. The van der Waals surface area contributed by atoms with Gasteiger partial charge in [-0.05, 0) is 38.5 Å². The number of esters is 1. The number of carboxylic acids is 1. The third-order valence-electron chi connectivity index (χ3n) is 8.04. The Morgan fingerprint density at radius 2 is 1.11 bits per heavy atom. The molecule has 0 radical (unpaired) electrons. The van der Waals surface area contributed by atoms with E-state index in [1.54, 1.807) is 0 Å². The Balaban J connectivity index is 4.31. The molecule has 0 saturated carbocycles. The van der Waals surface area contributed by atoms with E-state index in [0.717, 1.165) is 38.5 Å². The molecule has 3 atom stereocenters. The molecule has 4 N–H and O–H groups in total. The molecule has 0 aliphatic rings. The summed E-state index contributed by atoms with van der Waals surface area (Å²) in [6.45, 7) is 3.84. The van der Waals surface area contributed by atoms with E-state index < -0.39 is 45.1 Å². The fourth-order valence-corrected chi connectivity index (χ4v) is 5.85. The van der Waals surface area contributed by atoms with E-state index >= 15 is 0 Å². The first-order chi connectivity index (χ1) is 22.7. The molecular weight excluding hydrogens is 621 g/mol. The molecule has 0 aliphatic carbocycles.